The van der Waals surface area contributed by atoms with Gasteiger partial charge in [0.2, 0.25) is 9.12 Å². The molecule has 0 aliphatic carbocycles. The normalized spacial score (nSPS) is 17.0. The maximum atomic E-state index is 2.47. The van der Waals surface area contributed by atoms with Crippen LogP contribution in [0.25, 0.3) is 0 Å². The lowest BCUT2D eigenvalue weighted by Crippen LogP contribution is -2.87. The molecule has 0 aromatic heterocycles. The summed E-state index contributed by atoms with van der Waals surface area (Å²) in [5.41, 5.74) is 0. The maximum absolute atomic E-state index is 2.47. The number of hydrogen-bond acceptors (Lipinski definition) is 6. The van der Waals surface area contributed by atoms with Crippen molar-refractivity contribution in [3.63, 3.8) is 0 Å². The summed E-state index contributed by atoms with van der Waals surface area (Å²) in [5.74, 6) is -0.172. The molecule has 0 aliphatic heterocycles. The highest BCUT2D eigenvalue weighted by Gasteiger charge is 2.60. The molecule has 134 valence electrons. The van der Waals surface area contributed by atoms with Gasteiger partial charge in [0.05, 0.1) is 4.79 Å². The molecule has 6 nitrogen and oxygen atoms in total. The maximum Gasteiger partial charge on any atom is 0.210 e. The van der Waals surface area contributed by atoms with Gasteiger partial charge in [0.15, 0.2) is 0 Å². The van der Waals surface area contributed by atoms with E-state index >= 15 is 0 Å². The molecule has 1 atom stereocenters. The van der Waals surface area contributed by atoms with E-state index < -0.39 is 9.12 Å². The second-order valence-corrected chi connectivity index (χ2v) is 14.3. The van der Waals surface area contributed by atoms with Crippen LogP contribution in [0.4, 0.5) is 0 Å². The highest BCUT2D eigenvalue weighted by Crippen LogP contribution is 2.36. The van der Waals surface area contributed by atoms with E-state index in [0.717, 1.165) is 10.2 Å². The molecule has 0 saturated heterocycles. The summed E-state index contributed by atoms with van der Waals surface area (Å²) in [5, 5.41) is 0. The highest BCUT2D eigenvalue weighted by atomic mass is 28.3. The van der Waals surface area contributed by atoms with Gasteiger partial charge in [0.1, 0.15) is 5.79 Å². The smallest absolute Gasteiger partial charge is 0.210 e. The summed E-state index contributed by atoms with van der Waals surface area (Å²) in [6.07, 6.45) is 0. The van der Waals surface area contributed by atoms with Gasteiger partial charge in [0, 0.05) is 10.2 Å². The van der Waals surface area contributed by atoms with Crippen LogP contribution in [0, 0.1) is 0 Å². The second kappa shape index (κ2) is 7.84. The lowest BCUT2D eigenvalue weighted by atomic mass is 10.2. The topological polar surface area (TPSA) is 19.4 Å². The minimum Gasteiger partial charge on any atom is -0.319 e. The largest absolute Gasteiger partial charge is 0.319 e. The van der Waals surface area contributed by atoms with Gasteiger partial charge in [-0.25, -0.2) is 0 Å². The van der Waals surface area contributed by atoms with Crippen LogP contribution in [0.15, 0.2) is 0 Å². The molecule has 8 heteroatoms. The van der Waals surface area contributed by atoms with E-state index in [1.165, 1.54) is 0 Å². The number of likely N-dealkylation sites (N-methyl/N-ethyl adjacent to an activating group) is 4. The van der Waals surface area contributed by atoms with Crippen molar-refractivity contribution in [3.8, 4) is 0 Å². The lowest BCUT2D eigenvalue weighted by molar-refractivity contribution is -0.151. The Morgan fingerprint density at radius 2 is 0.818 bits per heavy atom. The second-order valence-electron chi connectivity index (χ2n) is 7.66. The van der Waals surface area contributed by atoms with E-state index in [4.69, 9.17) is 0 Å². The van der Waals surface area contributed by atoms with E-state index in [0.29, 0.717) is 0 Å². The van der Waals surface area contributed by atoms with Crippen LogP contribution in [0.3, 0.4) is 0 Å². The predicted molar refractivity (Wildman–Crippen MR) is 105 cm³/mol. The predicted octanol–water partition coefficient (Wildman–Crippen LogP) is -2.17. The number of nitrogens with zero attached hydrogens (tertiary/aromatic N) is 6. The van der Waals surface area contributed by atoms with Crippen LogP contribution in [0.5, 0.6) is 0 Å². The van der Waals surface area contributed by atoms with Gasteiger partial charge in [-0.2, -0.15) is 0 Å². The van der Waals surface area contributed by atoms with E-state index in [2.05, 4.69) is 113 Å². The van der Waals surface area contributed by atoms with Crippen molar-refractivity contribution in [3.05, 3.63) is 0 Å². The summed E-state index contributed by atoms with van der Waals surface area (Å²) in [6.45, 7) is 0. The molecule has 0 aliphatic rings. The van der Waals surface area contributed by atoms with Crippen molar-refractivity contribution in [2.75, 3.05) is 84.6 Å². The van der Waals surface area contributed by atoms with Gasteiger partial charge in [0.25, 0.3) is 0 Å². The molecule has 0 spiro atoms. The third-order valence-electron chi connectivity index (χ3n) is 4.96. The van der Waals surface area contributed by atoms with Gasteiger partial charge >= 0.3 is 0 Å². The zero-order chi connectivity index (χ0) is 18.0. The Labute approximate surface area is 143 Å². The third-order valence-corrected chi connectivity index (χ3v) is 11.9. The Balaban J connectivity index is 6.62. The molecule has 0 N–H and O–H groups in total. The van der Waals surface area contributed by atoms with Crippen LogP contribution in [0.1, 0.15) is 0 Å². The Morgan fingerprint density at radius 3 is 0.955 bits per heavy atom. The summed E-state index contributed by atoms with van der Waals surface area (Å²) < 4.78 is 4.94. The minimum atomic E-state index is -1.43. The fraction of sp³-hybridized carbons (Fsp3) is 1.00. The Hall–Kier alpha value is 0.194. The average Bonchev–Trinajstić information content (AvgIpc) is 2.25. The van der Waals surface area contributed by atoms with Crippen molar-refractivity contribution in [2.45, 2.75) is 10.6 Å². The molecular weight excluding hydrogens is 308 g/mol. The quantitative estimate of drug-likeness (QED) is 0.365. The van der Waals surface area contributed by atoms with Crippen molar-refractivity contribution in [2.24, 2.45) is 0 Å². The zero-order valence-corrected chi connectivity index (χ0v) is 20.4. The monoisotopic (exact) mass is 348 g/mol. The molecule has 0 aromatic rings. The van der Waals surface area contributed by atoms with Crippen molar-refractivity contribution in [1.82, 2.24) is 28.7 Å². The number of rotatable bonds is 8. The van der Waals surface area contributed by atoms with Gasteiger partial charge in [-0.1, -0.05) is 0 Å². The summed E-state index contributed by atoms with van der Waals surface area (Å²) in [4.78, 5) is 9.69. The molecule has 0 saturated carbocycles. The van der Waals surface area contributed by atoms with Crippen LogP contribution in [-0.2, 0) is 0 Å². The first kappa shape index (κ1) is 22.2. The Bertz CT molecular complexity index is 316. The molecular formula is C14H40N6Si2. The first-order valence-corrected chi connectivity index (χ1v) is 10.4. The van der Waals surface area contributed by atoms with Crippen LogP contribution < -0.4 is 0 Å². The first-order chi connectivity index (χ1) is 9.79. The first-order valence-electron chi connectivity index (χ1n) is 7.82. The van der Waals surface area contributed by atoms with E-state index in [1.54, 1.807) is 0 Å². The van der Waals surface area contributed by atoms with E-state index in [-0.39, 0.29) is 10.6 Å². The van der Waals surface area contributed by atoms with Crippen LogP contribution in [-0.4, -0.2) is 143 Å². The number of hydrogen-bond donors (Lipinski definition) is 0. The van der Waals surface area contributed by atoms with Gasteiger partial charge in [-0.3, -0.25) is 14.7 Å². The zero-order valence-electron chi connectivity index (χ0n) is 17.3. The molecule has 0 heterocycles. The average molecular weight is 349 g/mol. The van der Waals surface area contributed by atoms with Crippen LogP contribution >= 0.6 is 0 Å². The van der Waals surface area contributed by atoms with Crippen molar-refractivity contribution < 1.29 is 0 Å². The summed E-state index contributed by atoms with van der Waals surface area (Å²) in [7, 11) is 26.3. The van der Waals surface area contributed by atoms with Crippen molar-refractivity contribution >= 4 is 19.4 Å². The molecule has 0 rings (SSSR count). The highest BCUT2D eigenvalue weighted by molar-refractivity contribution is 6.66. The molecule has 0 amide bonds. The molecule has 0 bridgehead atoms. The summed E-state index contributed by atoms with van der Waals surface area (Å²) in [6, 6.07) is 0. The van der Waals surface area contributed by atoms with Crippen LogP contribution in [0.2, 0.25) is 0 Å². The molecule has 0 aromatic carbocycles. The lowest BCUT2D eigenvalue weighted by Gasteiger charge is -2.65. The fourth-order valence-electron chi connectivity index (χ4n) is 4.73. The van der Waals surface area contributed by atoms with Crippen molar-refractivity contribution in [1.29, 1.82) is 0 Å². The standard InChI is InChI=1S/C14H40N6Si2/c1-15(2)13(16(3)4,17(5)6)14(21,18(7)8)22(19(9)10)20(11)12/h22H,1-12,21H3. The SMILES string of the molecule is CN(C)[SiH](N(C)C)C([SiH3])(N(C)C)C(N(C)C)(N(C)C)N(C)C. The fourth-order valence-corrected chi connectivity index (χ4v) is 13.7. The Morgan fingerprint density at radius 1 is 0.545 bits per heavy atom. The Kier molecular flexibility index (Phi) is 7.91. The molecule has 22 heavy (non-hydrogen) atoms. The van der Waals surface area contributed by atoms with Gasteiger partial charge in [-0.15, -0.1) is 0 Å². The molecule has 0 fully saturated rings. The third kappa shape index (κ3) is 3.34. The minimum absolute atomic E-state index is 0.0799. The summed E-state index contributed by atoms with van der Waals surface area (Å²) >= 11 is 0. The molecule has 1 unspecified atom stereocenters. The molecule has 0 radical (unpaired) electrons. The van der Waals surface area contributed by atoms with Gasteiger partial charge in [-0.05, 0) is 84.6 Å². The van der Waals surface area contributed by atoms with Gasteiger partial charge < -0.3 is 14.0 Å². The van der Waals surface area contributed by atoms with E-state index in [1.807, 2.05) is 0 Å². The van der Waals surface area contributed by atoms with E-state index in [9.17, 15) is 0 Å².